The Morgan fingerprint density at radius 3 is 2.74 bits per heavy atom. The lowest BCUT2D eigenvalue weighted by Crippen LogP contribution is -2.36. The van der Waals surface area contributed by atoms with Crippen LogP contribution in [-0.4, -0.2) is 17.1 Å². The van der Waals surface area contributed by atoms with Crippen molar-refractivity contribution in [2.75, 3.05) is 0 Å². The molecule has 0 fully saturated rings. The number of furan rings is 1. The number of urea groups is 1. The van der Waals surface area contributed by atoms with E-state index in [4.69, 9.17) is 9.15 Å². The number of carbonyl (C=O) groups excluding carboxylic acids is 1. The summed E-state index contributed by atoms with van der Waals surface area (Å²) in [6, 6.07) is 6.95. The minimum atomic E-state index is -0.272. The van der Waals surface area contributed by atoms with Crippen LogP contribution in [0.2, 0.25) is 0 Å². The molecule has 2 rings (SSSR count). The highest BCUT2D eigenvalue weighted by atomic mass is 16.5. The second kappa shape index (κ2) is 7.67. The molecule has 0 aliphatic rings. The first-order chi connectivity index (χ1) is 11.0. The maximum absolute atomic E-state index is 12.0. The molecule has 2 aromatic rings. The molecular formula is C17H23N3O3. The molecule has 2 heterocycles. The van der Waals surface area contributed by atoms with Gasteiger partial charge in [0.15, 0.2) is 0 Å². The van der Waals surface area contributed by atoms with Gasteiger partial charge in [-0.15, -0.1) is 0 Å². The van der Waals surface area contributed by atoms with Crippen molar-refractivity contribution in [2.24, 2.45) is 0 Å². The van der Waals surface area contributed by atoms with Crippen LogP contribution in [0.25, 0.3) is 0 Å². The predicted molar refractivity (Wildman–Crippen MR) is 87.2 cm³/mol. The van der Waals surface area contributed by atoms with E-state index in [0.717, 1.165) is 17.1 Å². The molecule has 0 saturated heterocycles. The van der Waals surface area contributed by atoms with Crippen molar-refractivity contribution >= 4 is 6.03 Å². The number of hydrogen-bond acceptors (Lipinski definition) is 4. The Morgan fingerprint density at radius 1 is 1.30 bits per heavy atom. The summed E-state index contributed by atoms with van der Waals surface area (Å²) in [5, 5.41) is 5.64. The average Bonchev–Trinajstić information content (AvgIpc) is 2.92. The number of rotatable bonds is 6. The maximum atomic E-state index is 12.0. The van der Waals surface area contributed by atoms with E-state index >= 15 is 0 Å². The maximum Gasteiger partial charge on any atom is 0.315 e. The summed E-state index contributed by atoms with van der Waals surface area (Å²) in [5.74, 6) is 2.08. The first-order valence-corrected chi connectivity index (χ1v) is 7.67. The van der Waals surface area contributed by atoms with Crippen molar-refractivity contribution in [3.05, 3.63) is 47.5 Å². The van der Waals surface area contributed by atoms with Gasteiger partial charge in [0.25, 0.3) is 0 Å². The minimum Gasteiger partial charge on any atom is -0.475 e. The van der Waals surface area contributed by atoms with Crippen LogP contribution in [0.3, 0.4) is 0 Å². The molecule has 6 heteroatoms. The van der Waals surface area contributed by atoms with Gasteiger partial charge < -0.3 is 19.8 Å². The zero-order valence-electron chi connectivity index (χ0n) is 13.9. The van der Waals surface area contributed by atoms with Gasteiger partial charge in [-0.3, -0.25) is 0 Å². The van der Waals surface area contributed by atoms with Crippen LogP contribution in [0.1, 0.15) is 43.9 Å². The van der Waals surface area contributed by atoms with Crippen molar-refractivity contribution in [3.8, 4) is 5.88 Å². The fourth-order valence-electron chi connectivity index (χ4n) is 2.07. The molecule has 0 bridgehead atoms. The van der Waals surface area contributed by atoms with Crippen LogP contribution in [0.15, 0.2) is 34.9 Å². The highest BCUT2D eigenvalue weighted by Gasteiger charge is 2.13. The molecule has 0 aromatic carbocycles. The Kier molecular flexibility index (Phi) is 5.62. The molecule has 124 valence electrons. The summed E-state index contributed by atoms with van der Waals surface area (Å²) < 4.78 is 11.1. The fourth-order valence-corrected chi connectivity index (χ4v) is 2.07. The Bertz CT molecular complexity index is 652. The van der Waals surface area contributed by atoms with E-state index in [1.54, 1.807) is 6.20 Å². The van der Waals surface area contributed by atoms with E-state index in [0.29, 0.717) is 12.4 Å². The Morgan fingerprint density at radius 2 is 2.09 bits per heavy atom. The topological polar surface area (TPSA) is 76.4 Å². The Balaban J connectivity index is 1.89. The fraction of sp³-hybridized carbons (Fsp3) is 0.412. The third-order valence-electron chi connectivity index (χ3n) is 3.17. The molecule has 0 aliphatic carbocycles. The van der Waals surface area contributed by atoms with Gasteiger partial charge >= 0.3 is 6.03 Å². The zero-order valence-corrected chi connectivity index (χ0v) is 13.9. The van der Waals surface area contributed by atoms with Crippen molar-refractivity contribution in [2.45, 2.75) is 46.4 Å². The van der Waals surface area contributed by atoms with Gasteiger partial charge in [0.2, 0.25) is 5.88 Å². The third kappa shape index (κ3) is 5.02. The predicted octanol–water partition coefficient (Wildman–Crippen LogP) is 3.33. The molecule has 0 spiro atoms. The first kappa shape index (κ1) is 16.9. The summed E-state index contributed by atoms with van der Waals surface area (Å²) in [4.78, 5) is 16.2. The molecule has 6 nitrogen and oxygen atoms in total. The van der Waals surface area contributed by atoms with Gasteiger partial charge in [-0.1, -0.05) is 6.07 Å². The number of ether oxygens (including phenoxy) is 1. The smallest absolute Gasteiger partial charge is 0.315 e. The first-order valence-electron chi connectivity index (χ1n) is 7.67. The van der Waals surface area contributed by atoms with Crippen LogP contribution in [0.4, 0.5) is 4.79 Å². The quantitative estimate of drug-likeness (QED) is 0.857. The number of aromatic nitrogens is 1. The number of hydrogen-bond donors (Lipinski definition) is 2. The molecule has 1 unspecified atom stereocenters. The summed E-state index contributed by atoms with van der Waals surface area (Å²) >= 11 is 0. The van der Waals surface area contributed by atoms with E-state index in [-0.39, 0.29) is 18.2 Å². The molecule has 0 radical (unpaired) electrons. The summed E-state index contributed by atoms with van der Waals surface area (Å²) in [6.07, 6.45) is 1.70. The van der Waals surface area contributed by atoms with Gasteiger partial charge in [0, 0.05) is 18.3 Å². The molecule has 2 amide bonds. The lowest BCUT2D eigenvalue weighted by Gasteiger charge is -2.15. The lowest BCUT2D eigenvalue weighted by molar-refractivity contribution is 0.227. The van der Waals surface area contributed by atoms with Gasteiger partial charge in [-0.05, 0) is 45.9 Å². The number of nitrogens with zero attached hydrogens (tertiary/aromatic N) is 1. The van der Waals surface area contributed by atoms with Crippen LogP contribution in [0, 0.1) is 6.92 Å². The largest absolute Gasteiger partial charge is 0.475 e. The third-order valence-corrected chi connectivity index (χ3v) is 3.17. The molecule has 0 saturated carbocycles. The zero-order chi connectivity index (χ0) is 16.8. The van der Waals surface area contributed by atoms with E-state index in [1.807, 2.05) is 52.0 Å². The van der Waals surface area contributed by atoms with Gasteiger partial charge in [0.05, 0.1) is 12.1 Å². The van der Waals surface area contributed by atoms with E-state index in [1.165, 1.54) is 0 Å². The van der Waals surface area contributed by atoms with Crippen LogP contribution < -0.4 is 15.4 Å². The standard InChI is InChI=1S/C17H23N3O3/c1-11(2)22-16-14(6-5-9-18-16)10-19-17(21)20-13(4)15-8-7-12(3)23-15/h5-9,11,13H,10H2,1-4H3,(H2,19,20,21). The number of amides is 2. The molecule has 23 heavy (non-hydrogen) atoms. The number of pyridine rings is 1. The molecule has 1 atom stereocenters. The number of nitrogens with one attached hydrogen (secondary N) is 2. The van der Waals surface area contributed by atoms with Crippen LogP contribution in [-0.2, 0) is 6.54 Å². The molecular weight excluding hydrogens is 294 g/mol. The van der Waals surface area contributed by atoms with Crippen LogP contribution >= 0.6 is 0 Å². The highest BCUT2D eigenvalue weighted by molar-refractivity contribution is 5.74. The number of aryl methyl sites for hydroxylation is 1. The highest BCUT2D eigenvalue weighted by Crippen LogP contribution is 2.17. The van der Waals surface area contributed by atoms with Crippen molar-refractivity contribution in [1.29, 1.82) is 0 Å². The van der Waals surface area contributed by atoms with Gasteiger partial charge in [-0.2, -0.15) is 0 Å². The Hall–Kier alpha value is -2.50. The number of carbonyl (C=O) groups is 1. The monoisotopic (exact) mass is 317 g/mol. The summed E-state index contributed by atoms with van der Waals surface area (Å²) in [7, 11) is 0. The molecule has 0 aliphatic heterocycles. The lowest BCUT2D eigenvalue weighted by atomic mass is 10.2. The second-order valence-electron chi connectivity index (χ2n) is 5.63. The summed E-state index contributed by atoms with van der Waals surface area (Å²) in [5.41, 5.74) is 0.831. The van der Waals surface area contributed by atoms with E-state index in [2.05, 4.69) is 15.6 Å². The van der Waals surface area contributed by atoms with E-state index < -0.39 is 0 Å². The van der Waals surface area contributed by atoms with Crippen molar-refractivity contribution in [1.82, 2.24) is 15.6 Å². The second-order valence-corrected chi connectivity index (χ2v) is 5.63. The normalized spacial score (nSPS) is 12.0. The SMILES string of the molecule is Cc1ccc(C(C)NC(=O)NCc2cccnc2OC(C)C)o1. The average molecular weight is 317 g/mol. The van der Waals surface area contributed by atoms with E-state index in [9.17, 15) is 4.79 Å². The minimum absolute atomic E-state index is 0.0275. The van der Waals surface area contributed by atoms with Crippen LogP contribution in [0.5, 0.6) is 5.88 Å². The summed E-state index contributed by atoms with van der Waals surface area (Å²) in [6.45, 7) is 7.95. The van der Waals surface area contributed by atoms with Gasteiger partial charge in [-0.25, -0.2) is 9.78 Å². The van der Waals surface area contributed by atoms with Crippen molar-refractivity contribution in [3.63, 3.8) is 0 Å². The Labute approximate surface area is 136 Å². The molecule has 2 N–H and O–H groups in total. The van der Waals surface area contributed by atoms with Gasteiger partial charge in [0.1, 0.15) is 11.5 Å². The molecule has 2 aromatic heterocycles. The van der Waals surface area contributed by atoms with Crippen molar-refractivity contribution < 1.29 is 13.9 Å².